The molecule has 0 amide bonds. The average molecular weight is 478 g/mol. The van der Waals surface area contributed by atoms with Gasteiger partial charge in [0.25, 0.3) is 0 Å². The number of hydrogen-bond acceptors (Lipinski definition) is 5. The predicted octanol–water partition coefficient (Wildman–Crippen LogP) is 4.49. The Morgan fingerprint density at radius 3 is 2.15 bits per heavy atom. The molecular weight excluding hydrogens is 450 g/mol. The van der Waals surface area contributed by atoms with E-state index in [0.717, 1.165) is 11.1 Å². The monoisotopic (exact) mass is 477 g/mol. The summed E-state index contributed by atoms with van der Waals surface area (Å²) >= 11 is 0. The lowest BCUT2D eigenvalue weighted by Gasteiger charge is -2.30. The highest BCUT2D eigenvalue weighted by Crippen LogP contribution is 2.27. The second-order valence-electron chi connectivity index (χ2n) is 8.45. The number of carbonyl (C=O) groups excluding carboxylic acids is 2. The number of hydrogen-bond donors (Lipinski definition) is 0. The highest BCUT2D eigenvalue weighted by molar-refractivity contribution is 7.89. The van der Waals surface area contributed by atoms with Gasteiger partial charge in [0, 0.05) is 25.1 Å². The van der Waals surface area contributed by atoms with Crippen molar-refractivity contribution in [2.45, 2.75) is 31.1 Å². The Morgan fingerprint density at radius 1 is 0.882 bits per heavy atom. The van der Waals surface area contributed by atoms with Crippen LogP contribution in [0, 0.1) is 5.92 Å². The first-order valence-electron chi connectivity index (χ1n) is 11.3. The average Bonchev–Trinajstić information content (AvgIpc) is 2.86. The van der Waals surface area contributed by atoms with Crippen LogP contribution < -0.4 is 4.74 Å². The molecule has 1 aliphatic heterocycles. The third-order valence-electron chi connectivity index (χ3n) is 6.11. The summed E-state index contributed by atoms with van der Waals surface area (Å²) < 4.78 is 33.1. The molecular formula is C27H27NO5S. The highest BCUT2D eigenvalue weighted by Gasteiger charge is 2.33. The molecule has 0 aliphatic carbocycles. The summed E-state index contributed by atoms with van der Waals surface area (Å²) in [6, 6.07) is 23.4. The Hall–Kier alpha value is -3.29. The summed E-state index contributed by atoms with van der Waals surface area (Å²) in [4.78, 5) is 24.5. The Kier molecular flexibility index (Phi) is 7.24. The summed E-state index contributed by atoms with van der Waals surface area (Å²) in [6.45, 7) is 1.91. The second kappa shape index (κ2) is 10.3. The third-order valence-corrected chi connectivity index (χ3v) is 8.02. The second-order valence-corrected chi connectivity index (χ2v) is 10.4. The van der Waals surface area contributed by atoms with Crippen molar-refractivity contribution in [3.8, 4) is 5.75 Å². The number of piperidine rings is 1. The van der Waals surface area contributed by atoms with Gasteiger partial charge in [-0.2, -0.15) is 4.31 Å². The molecule has 34 heavy (non-hydrogen) atoms. The molecule has 0 N–H and O–H groups in total. The van der Waals surface area contributed by atoms with Crippen molar-refractivity contribution < 1.29 is 22.7 Å². The van der Waals surface area contributed by atoms with E-state index in [0.29, 0.717) is 30.6 Å². The van der Waals surface area contributed by atoms with Crippen LogP contribution in [0.25, 0.3) is 0 Å². The van der Waals surface area contributed by atoms with Gasteiger partial charge in [0.05, 0.1) is 10.8 Å². The van der Waals surface area contributed by atoms with Crippen LogP contribution in [-0.2, 0) is 21.2 Å². The quantitative estimate of drug-likeness (QED) is 0.285. The van der Waals surface area contributed by atoms with Crippen LogP contribution in [0.2, 0.25) is 0 Å². The minimum absolute atomic E-state index is 0.117. The maximum atomic E-state index is 13.0. The van der Waals surface area contributed by atoms with Crippen LogP contribution in [0.3, 0.4) is 0 Å². The fraction of sp³-hybridized carbons (Fsp3) is 0.259. The molecule has 7 heteroatoms. The zero-order chi connectivity index (χ0) is 24.1. The number of ketones is 1. The normalized spacial score (nSPS) is 15.1. The smallest absolute Gasteiger partial charge is 0.314 e. The minimum Gasteiger partial charge on any atom is -0.426 e. The van der Waals surface area contributed by atoms with Crippen molar-refractivity contribution >= 4 is 21.8 Å². The van der Waals surface area contributed by atoms with Crippen LogP contribution in [0.5, 0.6) is 5.75 Å². The standard InChI is InChI=1S/C27H27NO5S/c1-20(29)22-11-13-25(14-12-22)34(31,32)28-17-15-23(16-18-28)27(30)33-26-10-6-5-9-24(26)19-21-7-3-2-4-8-21/h2-14,23H,15-19H2,1H3. The maximum absolute atomic E-state index is 13.0. The molecule has 0 radical (unpaired) electrons. The number of rotatable bonds is 7. The lowest BCUT2D eigenvalue weighted by molar-refractivity contribution is -0.140. The van der Waals surface area contributed by atoms with Crippen molar-refractivity contribution in [3.05, 3.63) is 95.6 Å². The van der Waals surface area contributed by atoms with Crippen molar-refractivity contribution in [3.63, 3.8) is 0 Å². The first-order valence-corrected chi connectivity index (χ1v) is 12.7. The molecule has 6 nitrogen and oxygen atoms in total. The van der Waals surface area contributed by atoms with Crippen LogP contribution in [-0.4, -0.2) is 37.6 Å². The summed E-state index contributed by atoms with van der Waals surface area (Å²) in [5, 5.41) is 0. The Balaban J connectivity index is 1.38. The van der Waals surface area contributed by atoms with Gasteiger partial charge < -0.3 is 4.74 Å². The molecule has 0 aromatic heterocycles. The van der Waals surface area contributed by atoms with Gasteiger partial charge in [0.2, 0.25) is 10.0 Å². The Bertz CT molecular complexity index is 1260. The van der Waals surface area contributed by atoms with E-state index in [9.17, 15) is 18.0 Å². The van der Waals surface area contributed by atoms with E-state index in [1.165, 1.54) is 35.5 Å². The number of benzene rings is 3. The zero-order valence-corrected chi connectivity index (χ0v) is 19.8. The predicted molar refractivity (Wildman–Crippen MR) is 129 cm³/mol. The number of esters is 1. The molecule has 0 saturated carbocycles. The van der Waals surface area contributed by atoms with E-state index in [4.69, 9.17) is 4.74 Å². The molecule has 1 fully saturated rings. The van der Waals surface area contributed by atoms with E-state index in [-0.39, 0.29) is 35.7 Å². The van der Waals surface area contributed by atoms with Gasteiger partial charge in [-0.25, -0.2) is 8.42 Å². The van der Waals surface area contributed by atoms with Gasteiger partial charge in [-0.05, 0) is 49.1 Å². The Morgan fingerprint density at radius 2 is 1.50 bits per heavy atom. The number of nitrogens with zero attached hydrogens (tertiary/aromatic N) is 1. The van der Waals surface area contributed by atoms with Gasteiger partial charge in [-0.1, -0.05) is 60.7 Å². The van der Waals surface area contributed by atoms with E-state index >= 15 is 0 Å². The number of para-hydroxylation sites is 1. The highest BCUT2D eigenvalue weighted by atomic mass is 32.2. The lowest BCUT2D eigenvalue weighted by Crippen LogP contribution is -2.41. The number of ether oxygens (including phenoxy) is 1. The molecule has 0 spiro atoms. The summed E-state index contributed by atoms with van der Waals surface area (Å²) in [6.07, 6.45) is 1.44. The van der Waals surface area contributed by atoms with Gasteiger partial charge in [-0.3, -0.25) is 9.59 Å². The number of sulfonamides is 1. The molecule has 3 aromatic rings. The first-order chi connectivity index (χ1) is 16.3. The Labute approximate surface area is 200 Å². The molecule has 0 bridgehead atoms. The van der Waals surface area contributed by atoms with Gasteiger partial charge in [0.15, 0.2) is 5.78 Å². The summed E-state index contributed by atoms with van der Waals surface area (Å²) in [5.41, 5.74) is 2.52. The number of carbonyl (C=O) groups is 2. The molecule has 176 valence electrons. The van der Waals surface area contributed by atoms with Crippen molar-refractivity contribution in [1.29, 1.82) is 0 Å². The molecule has 3 aromatic carbocycles. The molecule has 1 aliphatic rings. The summed E-state index contributed by atoms with van der Waals surface area (Å²) in [7, 11) is -3.68. The van der Waals surface area contributed by atoms with E-state index in [1.807, 2.05) is 48.5 Å². The van der Waals surface area contributed by atoms with Crippen molar-refractivity contribution in [1.82, 2.24) is 4.31 Å². The SMILES string of the molecule is CC(=O)c1ccc(S(=O)(=O)N2CCC(C(=O)Oc3ccccc3Cc3ccccc3)CC2)cc1. The number of Topliss-reactive ketones (excluding diaryl/α,β-unsaturated/α-hetero) is 1. The molecule has 0 unspecified atom stereocenters. The molecule has 1 heterocycles. The molecule has 1 saturated heterocycles. The van der Waals surface area contributed by atoms with Gasteiger partial charge in [0.1, 0.15) is 5.75 Å². The first kappa shape index (κ1) is 23.9. The van der Waals surface area contributed by atoms with Crippen LogP contribution >= 0.6 is 0 Å². The van der Waals surface area contributed by atoms with Crippen molar-refractivity contribution in [2.24, 2.45) is 5.92 Å². The zero-order valence-electron chi connectivity index (χ0n) is 19.0. The van der Waals surface area contributed by atoms with Gasteiger partial charge >= 0.3 is 5.97 Å². The minimum atomic E-state index is -3.68. The fourth-order valence-electron chi connectivity index (χ4n) is 4.10. The van der Waals surface area contributed by atoms with E-state index < -0.39 is 10.0 Å². The van der Waals surface area contributed by atoms with Crippen molar-refractivity contribution in [2.75, 3.05) is 13.1 Å². The maximum Gasteiger partial charge on any atom is 0.314 e. The molecule has 4 rings (SSSR count). The van der Waals surface area contributed by atoms with Crippen LogP contribution in [0.15, 0.2) is 83.8 Å². The van der Waals surface area contributed by atoms with E-state index in [1.54, 1.807) is 6.07 Å². The van der Waals surface area contributed by atoms with E-state index in [2.05, 4.69) is 0 Å². The topological polar surface area (TPSA) is 80.8 Å². The summed E-state index contributed by atoms with van der Waals surface area (Å²) in [5.74, 6) is -0.273. The van der Waals surface area contributed by atoms with Crippen LogP contribution in [0.4, 0.5) is 0 Å². The lowest BCUT2D eigenvalue weighted by atomic mass is 9.98. The third kappa shape index (κ3) is 5.43. The molecule has 0 atom stereocenters. The van der Waals surface area contributed by atoms with Crippen LogP contribution in [0.1, 0.15) is 41.3 Å². The largest absolute Gasteiger partial charge is 0.426 e. The fourth-order valence-corrected chi connectivity index (χ4v) is 5.57. The van der Waals surface area contributed by atoms with Gasteiger partial charge in [-0.15, -0.1) is 0 Å².